The van der Waals surface area contributed by atoms with E-state index in [1.54, 1.807) is 0 Å². The molecule has 20 heavy (non-hydrogen) atoms. The van der Waals surface area contributed by atoms with Crippen LogP contribution in [0.2, 0.25) is 0 Å². The highest BCUT2D eigenvalue weighted by Crippen LogP contribution is 2.41. The number of aryl methyl sites for hydroxylation is 1. The molecule has 0 N–H and O–H groups in total. The standard InChI is InChI=1S/C10H11Br.C8H18O/c1-7-4-9(8-2-3-8)6-10(11)5-7;1-5-7(3)9-8(4)6-2/h4-6,8H,2-3H2,1H3;7-8H,5-6H2,1-4H3. The molecule has 0 aromatic heterocycles. The Kier molecular flexibility index (Phi) is 7.83. The van der Waals surface area contributed by atoms with Crippen molar-refractivity contribution in [3.63, 3.8) is 0 Å². The summed E-state index contributed by atoms with van der Waals surface area (Å²) >= 11 is 3.51. The lowest BCUT2D eigenvalue weighted by Crippen LogP contribution is -2.14. The first-order valence-electron chi connectivity index (χ1n) is 7.88. The van der Waals surface area contributed by atoms with Crippen LogP contribution in [0.4, 0.5) is 0 Å². The van der Waals surface area contributed by atoms with Gasteiger partial charge in [-0.2, -0.15) is 0 Å². The molecular formula is C18H29BrO. The van der Waals surface area contributed by atoms with E-state index in [2.05, 4.69) is 68.7 Å². The van der Waals surface area contributed by atoms with Gasteiger partial charge in [-0.3, -0.25) is 0 Å². The Morgan fingerprint density at radius 3 is 2.05 bits per heavy atom. The molecule has 0 saturated heterocycles. The highest BCUT2D eigenvalue weighted by atomic mass is 79.9. The summed E-state index contributed by atoms with van der Waals surface area (Å²) in [7, 11) is 0. The molecule has 0 amide bonds. The van der Waals surface area contributed by atoms with Crippen molar-refractivity contribution < 1.29 is 4.74 Å². The number of ether oxygens (including phenoxy) is 1. The summed E-state index contributed by atoms with van der Waals surface area (Å²) in [6.07, 6.45) is 5.86. The average Bonchev–Trinajstić information content (AvgIpc) is 3.22. The number of hydrogen-bond acceptors (Lipinski definition) is 1. The zero-order valence-corrected chi connectivity index (χ0v) is 15.2. The maximum atomic E-state index is 5.55. The number of benzene rings is 1. The second-order valence-corrected chi connectivity index (χ2v) is 6.83. The van der Waals surface area contributed by atoms with Crippen molar-refractivity contribution in [1.29, 1.82) is 0 Å². The van der Waals surface area contributed by atoms with Gasteiger partial charge in [0.15, 0.2) is 0 Å². The van der Waals surface area contributed by atoms with Gasteiger partial charge in [0.05, 0.1) is 12.2 Å². The van der Waals surface area contributed by atoms with E-state index >= 15 is 0 Å². The fourth-order valence-electron chi connectivity index (χ4n) is 2.01. The maximum absolute atomic E-state index is 5.55. The molecule has 1 fully saturated rings. The predicted octanol–water partition coefficient (Wildman–Crippen LogP) is 6.23. The molecule has 0 spiro atoms. The van der Waals surface area contributed by atoms with Crippen LogP contribution in [-0.4, -0.2) is 12.2 Å². The van der Waals surface area contributed by atoms with Crippen LogP contribution in [-0.2, 0) is 4.74 Å². The van der Waals surface area contributed by atoms with Crippen molar-refractivity contribution in [2.45, 2.75) is 78.4 Å². The summed E-state index contributed by atoms with van der Waals surface area (Å²) in [5, 5.41) is 0. The Bertz CT molecular complexity index is 370. The third kappa shape index (κ3) is 6.90. The molecule has 0 heterocycles. The van der Waals surface area contributed by atoms with Crippen molar-refractivity contribution >= 4 is 15.9 Å². The van der Waals surface area contributed by atoms with E-state index in [-0.39, 0.29) is 0 Å². The highest BCUT2D eigenvalue weighted by molar-refractivity contribution is 9.10. The van der Waals surface area contributed by atoms with Crippen molar-refractivity contribution in [2.75, 3.05) is 0 Å². The second kappa shape index (κ2) is 8.84. The molecule has 0 bridgehead atoms. The van der Waals surface area contributed by atoms with Crippen LogP contribution in [0.5, 0.6) is 0 Å². The van der Waals surface area contributed by atoms with Crippen molar-refractivity contribution in [2.24, 2.45) is 0 Å². The minimum Gasteiger partial charge on any atom is -0.376 e. The highest BCUT2D eigenvalue weighted by Gasteiger charge is 2.23. The summed E-state index contributed by atoms with van der Waals surface area (Å²) < 4.78 is 6.77. The van der Waals surface area contributed by atoms with Gasteiger partial charge in [-0.1, -0.05) is 35.8 Å². The topological polar surface area (TPSA) is 9.23 Å². The van der Waals surface area contributed by atoms with Gasteiger partial charge in [-0.15, -0.1) is 0 Å². The molecule has 1 saturated carbocycles. The van der Waals surface area contributed by atoms with Crippen molar-refractivity contribution in [3.05, 3.63) is 33.8 Å². The van der Waals surface area contributed by atoms with Gasteiger partial charge in [0.2, 0.25) is 0 Å². The van der Waals surface area contributed by atoms with E-state index in [4.69, 9.17) is 4.74 Å². The monoisotopic (exact) mass is 340 g/mol. The summed E-state index contributed by atoms with van der Waals surface area (Å²) in [5.41, 5.74) is 2.87. The largest absolute Gasteiger partial charge is 0.376 e. The molecule has 2 heteroatoms. The molecular weight excluding hydrogens is 312 g/mol. The van der Waals surface area contributed by atoms with E-state index in [9.17, 15) is 0 Å². The Balaban J connectivity index is 0.000000206. The average molecular weight is 341 g/mol. The van der Waals surface area contributed by atoms with Crippen molar-refractivity contribution in [3.8, 4) is 0 Å². The fourth-order valence-corrected chi connectivity index (χ4v) is 2.63. The summed E-state index contributed by atoms with van der Waals surface area (Å²) in [6.45, 7) is 10.7. The molecule has 2 atom stereocenters. The molecule has 1 aliphatic carbocycles. The maximum Gasteiger partial charge on any atom is 0.0548 e. The zero-order valence-electron chi connectivity index (χ0n) is 13.6. The molecule has 0 aliphatic heterocycles. The van der Waals surface area contributed by atoms with E-state index in [0.717, 1.165) is 18.8 Å². The lowest BCUT2D eigenvalue weighted by molar-refractivity contribution is 0.00511. The van der Waals surface area contributed by atoms with E-state index in [1.807, 2.05) is 0 Å². The number of hydrogen-bond donors (Lipinski definition) is 0. The first kappa shape index (κ1) is 17.7. The molecule has 2 rings (SSSR count). The van der Waals surface area contributed by atoms with Gasteiger partial charge >= 0.3 is 0 Å². The fraction of sp³-hybridized carbons (Fsp3) is 0.667. The quantitative estimate of drug-likeness (QED) is 0.616. The first-order valence-corrected chi connectivity index (χ1v) is 8.68. The zero-order chi connectivity index (χ0) is 15.1. The minimum atomic E-state index is 0.431. The third-order valence-corrected chi connectivity index (χ3v) is 4.19. The summed E-state index contributed by atoms with van der Waals surface area (Å²) in [5.74, 6) is 0.867. The van der Waals surface area contributed by atoms with Gasteiger partial charge < -0.3 is 4.74 Å². The van der Waals surface area contributed by atoms with E-state index in [1.165, 1.54) is 28.4 Å². The smallest absolute Gasteiger partial charge is 0.0548 e. The Labute approximate surface area is 133 Å². The second-order valence-electron chi connectivity index (χ2n) is 5.91. The molecule has 2 unspecified atom stereocenters. The summed E-state index contributed by atoms with van der Waals surface area (Å²) in [4.78, 5) is 0. The normalized spacial score (nSPS) is 17.1. The third-order valence-electron chi connectivity index (χ3n) is 3.73. The summed E-state index contributed by atoms with van der Waals surface area (Å²) in [6, 6.07) is 6.69. The van der Waals surface area contributed by atoms with Crippen LogP contribution in [0.25, 0.3) is 0 Å². The Morgan fingerprint density at radius 2 is 1.65 bits per heavy atom. The lowest BCUT2D eigenvalue weighted by atomic mass is 10.1. The van der Waals surface area contributed by atoms with E-state index < -0.39 is 0 Å². The molecule has 0 radical (unpaired) electrons. The predicted molar refractivity (Wildman–Crippen MR) is 91.4 cm³/mol. The van der Waals surface area contributed by atoms with Crippen LogP contribution < -0.4 is 0 Å². The Morgan fingerprint density at radius 1 is 1.10 bits per heavy atom. The van der Waals surface area contributed by atoms with E-state index in [0.29, 0.717) is 12.2 Å². The van der Waals surface area contributed by atoms with Gasteiger partial charge in [0, 0.05) is 4.47 Å². The molecule has 114 valence electrons. The first-order chi connectivity index (χ1) is 9.46. The lowest BCUT2D eigenvalue weighted by Gasteiger charge is -2.15. The molecule has 1 aromatic carbocycles. The van der Waals surface area contributed by atoms with Crippen LogP contribution in [0, 0.1) is 6.92 Å². The van der Waals surface area contributed by atoms with Gasteiger partial charge in [0.1, 0.15) is 0 Å². The van der Waals surface area contributed by atoms with Gasteiger partial charge in [0.25, 0.3) is 0 Å². The van der Waals surface area contributed by atoms with Crippen LogP contribution in [0.3, 0.4) is 0 Å². The minimum absolute atomic E-state index is 0.431. The van der Waals surface area contributed by atoms with Gasteiger partial charge in [-0.25, -0.2) is 0 Å². The number of rotatable bonds is 5. The van der Waals surface area contributed by atoms with Crippen molar-refractivity contribution in [1.82, 2.24) is 0 Å². The number of halogens is 1. The molecule has 1 nitrogen and oxygen atoms in total. The SMILES string of the molecule is CCC(C)OC(C)CC.Cc1cc(Br)cc(C2CC2)c1. The van der Waals surface area contributed by atoms with Gasteiger partial charge in [-0.05, 0) is 75.6 Å². The molecule has 1 aromatic rings. The van der Waals surface area contributed by atoms with Crippen LogP contribution in [0.1, 0.15) is 70.4 Å². The van der Waals surface area contributed by atoms with Crippen LogP contribution in [0.15, 0.2) is 22.7 Å². The van der Waals surface area contributed by atoms with Crippen LogP contribution >= 0.6 is 15.9 Å². The Hall–Kier alpha value is -0.340. The molecule has 1 aliphatic rings.